The van der Waals surface area contributed by atoms with Crippen molar-refractivity contribution in [3.05, 3.63) is 27.3 Å². The SMILES string of the molecule is Nc1ccc(C(=O)NC23CC(C2)C3)cc1I. The van der Waals surface area contributed by atoms with Crippen molar-refractivity contribution in [2.75, 3.05) is 5.73 Å². The molecule has 3 nitrogen and oxygen atoms in total. The third-order valence-corrected chi connectivity index (χ3v) is 4.61. The van der Waals surface area contributed by atoms with Gasteiger partial charge >= 0.3 is 0 Å². The summed E-state index contributed by atoms with van der Waals surface area (Å²) in [5.74, 6) is 0.919. The fourth-order valence-electron chi connectivity index (χ4n) is 2.61. The van der Waals surface area contributed by atoms with Gasteiger partial charge in [0.25, 0.3) is 5.91 Å². The van der Waals surface area contributed by atoms with E-state index in [4.69, 9.17) is 5.73 Å². The first-order chi connectivity index (χ1) is 7.58. The van der Waals surface area contributed by atoms with E-state index in [2.05, 4.69) is 27.9 Å². The Bertz CT molecular complexity index is 455. The van der Waals surface area contributed by atoms with E-state index in [1.54, 1.807) is 12.1 Å². The van der Waals surface area contributed by atoms with Crippen molar-refractivity contribution in [1.82, 2.24) is 5.32 Å². The number of anilines is 1. The summed E-state index contributed by atoms with van der Waals surface area (Å²) in [6.07, 6.45) is 3.51. The molecule has 2 bridgehead atoms. The molecule has 0 spiro atoms. The van der Waals surface area contributed by atoms with Crippen LogP contribution in [0.3, 0.4) is 0 Å². The second kappa shape index (κ2) is 3.35. The van der Waals surface area contributed by atoms with Gasteiger partial charge in [0.05, 0.1) is 0 Å². The van der Waals surface area contributed by atoms with Crippen LogP contribution in [0, 0.1) is 9.49 Å². The number of nitrogen functional groups attached to an aromatic ring is 1. The zero-order valence-corrected chi connectivity index (χ0v) is 11.0. The Morgan fingerprint density at radius 3 is 2.62 bits per heavy atom. The standard InChI is InChI=1S/C12H13IN2O/c13-9-3-8(1-2-10(9)14)11(16)15-12-4-7(5-12)6-12/h1-3,7H,4-6,14H2,(H,15,16). The number of nitrogens with two attached hydrogens (primary N) is 1. The van der Waals surface area contributed by atoms with Gasteiger partial charge in [0.1, 0.15) is 0 Å². The van der Waals surface area contributed by atoms with Gasteiger partial charge in [0, 0.05) is 20.4 Å². The number of carbonyl (C=O) groups is 1. The monoisotopic (exact) mass is 328 g/mol. The lowest BCUT2D eigenvalue weighted by molar-refractivity contribution is -0.0438. The van der Waals surface area contributed by atoms with Gasteiger partial charge in [0.15, 0.2) is 0 Å². The highest BCUT2D eigenvalue weighted by Gasteiger charge is 2.57. The smallest absolute Gasteiger partial charge is 0.251 e. The molecule has 3 aliphatic carbocycles. The fourth-order valence-corrected chi connectivity index (χ4v) is 3.13. The summed E-state index contributed by atoms with van der Waals surface area (Å²) in [5.41, 5.74) is 7.31. The Morgan fingerprint density at radius 1 is 1.44 bits per heavy atom. The number of benzene rings is 1. The fraction of sp³-hybridized carbons (Fsp3) is 0.417. The molecule has 0 radical (unpaired) electrons. The molecule has 0 atom stereocenters. The number of nitrogens with one attached hydrogen (secondary N) is 1. The molecule has 1 aromatic rings. The third-order valence-electron chi connectivity index (χ3n) is 3.68. The normalized spacial score (nSPS) is 30.2. The summed E-state index contributed by atoms with van der Waals surface area (Å²) in [6, 6.07) is 5.42. The van der Waals surface area contributed by atoms with Crippen LogP contribution < -0.4 is 11.1 Å². The van der Waals surface area contributed by atoms with Crippen molar-refractivity contribution >= 4 is 34.2 Å². The van der Waals surface area contributed by atoms with E-state index in [-0.39, 0.29) is 11.4 Å². The van der Waals surface area contributed by atoms with Crippen LogP contribution in [-0.2, 0) is 0 Å². The van der Waals surface area contributed by atoms with E-state index in [1.165, 1.54) is 19.3 Å². The predicted octanol–water partition coefficient (Wildman–Crippen LogP) is 2.16. The van der Waals surface area contributed by atoms with Gasteiger partial charge in [-0.1, -0.05) is 0 Å². The molecule has 4 rings (SSSR count). The van der Waals surface area contributed by atoms with E-state index < -0.39 is 0 Å². The lowest BCUT2D eigenvalue weighted by Gasteiger charge is -2.61. The van der Waals surface area contributed by atoms with Crippen LogP contribution in [0.25, 0.3) is 0 Å². The van der Waals surface area contributed by atoms with Gasteiger partial charge in [-0.05, 0) is 66.0 Å². The average molecular weight is 328 g/mol. The molecule has 0 aromatic heterocycles. The molecule has 0 heterocycles. The molecule has 1 amide bonds. The van der Waals surface area contributed by atoms with Crippen molar-refractivity contribution in [3.63, 3.8) is 0 Å². The van der Waals surface area contributed by atoms with Crippen LogP contribution in [0.1, 0.15) is 29.6 Å². The highest BCUT2D eigenvalue weighted by atomic mass is 127. The first kappa shape index (κ1) is 10.4. The highest BCUT2D eigenvalue weighted by Crippen LogP contribution is 2.56. The van der Waals surface area contributed by atoms with Crippen molar-refractivity contribution in [3.8, 4) is 0 Å². The van der Waals surface area contributed by atoms with Crippen LogP contribution in [0.15, 0.2) is 18.2 Å². The summed E-state index contributed by atoms with van der Waals surface area (Å²) < 4.78 is 0.933. The highest BCUT2D eigenvalue weighted by molar-refractivity contribution is 14.1. The Hall–Kier alpha value is -0.780. The minimum Gasteiger partial charge on any atom is -0.398 e. The third kappa shape index (κ3) is 1.50. The van der Waals surface area contributed by atoms with E-state index in [0.717, 1.165) is 15.2 Å². The number of amides is 1. The Labute approximate surface area is 108 Å². The summed E-state index contributed by atoms with van der Waals surface area (Å²) in [5, 5.41) is 3.14. The molecule has 1 aromatic carbocycles. The minimum atomic E-state index is 0.0380. The minimum absolute atomic E-state index is 0.0380. The molecule has 3 aliphatic rings. The van der Waals surface area contributed by atoms with Crippen LogP contribution >= 0.6 is 22.6 Å². The van der Waals surface area contributed by atoms with Gasteiger partial charge in [0.2, 0.25) is 0 Å². The van der Waals surface area contributed by atoms with E-state index in [9.17, 15) is 4.79 Å². The van der Waals surface area contributed by atoms with Gasteiger partial charge in [-0.3, -0.25) is 4.79 Å². The quantitative estimate of drug-likeness (QED) is 0.646. The molecule has 0 aliphatic heterocycles. The largest absolute Gasteiger partial charge is 0.398 e. The molecule has 16 heavy (non-hydrogen) atoms. The molecule has 3 saturated carbocycles. The summed E-state index contributed by atoms with van der Waals surface area (Å²) in [6.45, 7) is 0. The van der Waals surface area contributed by atoms with Crippen molar-refractivity contribution < 1.29 is 4.79 Å². The number of halogens is 1. The molecule has 3 fully saturated rings. The Morgan fingerprint density at radius 2 is 2.12 bits per heavy atom. The van der Waals surface area contributed by atoms with Crippen LogP contribution in [-0.4, -0.2) is 11.4 Å². The van der Waals surface area contributed by atoms with Gasteiger partial charge < -0.3 is 11.1 Å². The molecule has 84 valence electrons. The van der Waals surface area contributed by atoms with Crippen molar-refractivity contribution in [2.45, 2.75) is 24.8 Å². The van der Waals surface area contributed by atoms with E-state index in [0.29, 0.717) is 5.56 Å². The molecule has 3 N–H and O–H groups in total. The zero-order valence-electron chi connectivity index (χ0n) is 8.79. The molecule has 0 saturated heterocycles. The molecular formula is C12H13IN2O. The van der Waals surface area contributed by atoms with Crippen LogP contribution in [0.4, 0.5) is 5.69 Å². The second-order valence-electron chi connectivity index (χ2n) is 4.95. The number of hydrogen-bond acceptors (Lipinski definition) is 2. The Balaban J connectivity index is 1.75. The second-order valence-corrected chi connectivity index (χ2v) is 6.11. The Kier molecular flexibility index (Phi) is 2.18. The maximum absolute atomic E-state index is 12.0. The predicted molar refractivity (Wildman–Crippen MR) is 71.1 cm³/mol. The maximum atomic E-state index is 12.0. The van der Waals surface area contributed by atoms with Crippen LogP contribution in [0.2, 0.25) is 0 Å². The number of rotatable bonds is 2. The molecule has 0 unspecified atom stereocenters. The average Bonchev–Trinajstić information content (AvgIpc) is 2.13. The van der Waals surface area contributed by atoms with Gasteiger partial charge in [-0.15, -0.1) is 0 Å². The van der Waals surface area contributed by atoms with E-state index >= 15 is 0 Å². The summed E-state index contributed by atoms with van der Waals surface area (Å²) >= 11 is 2.15. The maximum Gasteiger partial charge on any atom is 0.251 e. The lowest BCUT2D eigenvalue weighted by atomic mass is 9.50. The van der Waals surface area contributed by atoms with Crippen molar-refractivity contribution in [1.29, 1.82) is 0 Å². The van der Waals surface area contributed by atoms with Gasteiger partial charge in [-0.25, -0.2) is 0 Å². The topological polar surface area (TPSA) is 55.1 Å². The van der Waals surface area contributed by atoms with Crippen molar-refractivity contribution in [2.24, 2.45) is 5.92 Å². The molecule has 4 heteroatoms. The van der Waals surface area contributed by atoms with Gasteiger partial charge in [-0.2, -0.15) is 0 Å². The number of hydrogen-bond donors (Lipinski definition) is 2. The lowest BCUT2D eigenvalue weighted by Crippen LogP contribution is -2.68. The summed E-state index contributed by atoms with van der Waals surface area (Å²) in [7, 11) is 0. The zero-order chi connectivity index (χ0) is 11.3. The van der Waals surface area contributed by atoms with E-state index in [1.807, 2.05) is 6.07 Å². The van der Waals surface area contributed by atoms with Crippen LogP contribution in [0.5, 0.6) is 0 Å². The first-order valence-electron chi connectivity index (χ1n) is 5.46. The molecular weight excluding hydrogens is 315 g/mol. The summed E-state index contributed by atoms with van der Waals surface area (Å²) in [4.78, 5) is 12.0. The number of carbonyl (C=O) groups excluding carboxylic acids is 1. The first-order valence-corrected chi connectivity index (χ1v) is 6.53.